The number of carbonyl (C=O) groups is 2. The number of imidazole rings is 1. The van der Waals surface area contributed by atoms with Gasteiger partial charge in [0.1, 0.15) is 0 Å². The molecular weight excluding hydrogens is 350 g/mol. The summed E-state index contributed by atoms with van der Waals surface area (Å²) >= 11 is 0. The van der Waals surface area contributed by atoms with Gasteiger partial charge in [-0.05, 0) is 42.8 Å². The molecular formula is C18H17N5O4. The van der Waals surface area contributed by atoms with Crippen LogP contribution in [-0.2, 0) is 11.2 Å². The zero-order chi connectivity index (χ0) is 19.4. The zero-order valence-corrected chi connectivity index (χ0v) is 14.2. The number of benzene rings is 1. The number of carboxylic acids is 1. The number of nitrogens with one attached hydrogen (secondary N) is 2. The van der Waals surface area contributed by atoms with E-state index in [0.29, 0.717) is 23.3 Å². The first-order valence-corrected chi connectivity index (χ1v) is 8.04. The summed E-state index contributed by atoms with van der Waals surface area (Å²) in [5, 5.41) is 18.7. The van der Waals surface area contributed by atoms with Crippen LogP contribution in [0.3, 0.4) is 0 Å². The van der Waals surface area contributed by atoms with Crippen molar-refractivity contribution in [3.63, 3.8) is 0 Å². The number of anilines is 1. The van der Waals surface area contributed by atoms with Crippen LogP contribution in [0, 0.1) is 5.41 Å². The van der Waals surface area contributed by atoms with Gasteiger partial charge in [-0.1, -0.05) is 0 Å². The van der Waals surface area contributed by atoms with Gasteiger partial charge in [0.15, 0.2) is 17.4 Å². The van der Waals surface area contributed by atoms with E-state index in [1.165, 1.54) is 0 Å². The number of guanidine groups is 1. The molecule has 27 heavy (non-hydrogen) atoms. The molecule has 0 atom stereocenters. The maximum atomic E-state index is 12.4. The second-order valence-corrected chi connectivity index (χ2v) is 5.71. The maximum absolute atomic E-state index is 12.4. The Morgan fingerprint density at radius 3 is 2.63 bits per heavy atom. The number of nitrogens with zero attached hydrogens (tertiary/aromatic N) is 2. The van der Waals surface area contributed by atoms with Crippen LogP contribution in [0.2, 0.25) is 0 Å². The van der Waals surface area contributed by atoms with Gasteiger partial charge in [-0.2, -0.15) is 0 Å². The predicted molar refractivity (Wildman–Crippen MR) is 98.1 cm³/mol. The standard InChI is InChI=1S/C18H17N5O4/c19-18(20)22-12-3-1-11(2-4-12)17(26)27-14-7-5-13(6-8-15(24)25)23-10-9-21-16(14)23/h1-5,7,9-10H,6,8H2,(H,24,25)(H4,19,20,22). The lowest BCUT2D eigenvalue weighted by Crippen LogP contribution is -2.20. The number of hydrogen-bond acceptors (Lipinski definition) is 5. The number of carboxylic acid groups (broad SMARTS) is 1. The average Bonchev–Trinajstić information content (AvgIpc) is 3.11. The third kappa shape index (κ3) is 4.21. The van der Waals surface area contributed by atoms with Gasteiger partial charge in [0.2, 0.25) is 0 Å². The first kappa shape index (κ1) is 17.9. The molecule has 0 fully saturated rings. The van der Waals surface area contributed by atoms with Crippen molar-refractivity contribution in [2.75, 3.05) is 5.32 Å². The third-order valence-electron chi connectivity index (χ3n) is 3.79. The van der Waals surface area contributed by atoms with Crippen molar-refractivity contribution in [2.24, 2.45) is 5.73 Å². The fourth-order valence-corrected chi connectivity index (χ4v) is 2.57. The molecule has 0 saturated carbocycles. The minimum absolute atomic E-state index is 0.00688. The van der Waals surface area contributed by atoms with Crippen LogP contribution in [0.25, 0.3) is 5.65 Å². The molecule has 0 amide bonds. The quantitative estimate of drug-likeness (QED) is 0.296. The SMILES string of the molecule is N=C(N)Nc1ccc(C(=O)Oc2ccc(CCC(=O)O)n3ccnc23)cc1. The van der Waals surface area contributed by atoms with E-state index < -0.39 is 11.9 Å². The Balaban J connectivity index is 1.79. The van der Waals surface area contributed by atoms with Gasteiger partial charge < -0.3 is 25.3 Å². The van der Waals surface area contributed by atoms with E-state index in [9.17, 15) is 9.59 Å². The highest BCUT2D eigenvalue weighted by atomic mass is 16.5. The largest absolute Gasteiger partial charge is 0.481 e. The minimum Gasteiger partial charge on any atom is -0.481 e. The minimum atomic E-state index is -0.888. The number of carbonyl (C=O) groups excluding carboxylic acids is 1. The zero-order valence-electron chi connectivity index (χ0n) is 14.2. The highest BCUT2D eigenvalue weighted by molar-refractivity contribution is 5.94. The number of fused-ring (bicyclic) bond motifs is 1. The molecule has 0 unspecified atom stereocenters. The summed E-state index contributed by atoms with van der Waals surface area (Å²) in [5.41, 5.74) is 7.35. The molecule has 3 aromatic rings. The summed E-state index contributed by atoms with van der Waals surface area (Å²) in [6.07, 6.45) is 3.57. The lowest BCUT2D eigenvalue weighted by atomic mass is 10.2. The monoisotopic (exact) mass is 367 g/mol. The van der Waals surface area contributed by atoms with Crippen LogP contribution in [-0.4, -0.2) is 32.4 Å². The number of ether oxygens (including phenoxy) is 1. The summed E-state index contributed by atoms with van der Waals surface area (Å²) in [6, 6.07) is 9.63. The van der Waals surface area contributed by atoms with Gasteiger partial charge in [0.25, 0.3) is 0 Å². The summed E-state index contributed by atoms with van der Waals surface area (Å²) in [4.78, 5) is 27.4. The van der Waals surface area contributed by atoms with Crippen molar-refractivity contribution in [3.05, 3.63) is 60.0 Å². The molecule has 9 heteroatoms. The number of aryl methyl sites for hydroxylation is 1. The molecule has 0 aliphatic carbocycles. The second-order valence-electron chi connectivity index (χ2n) is 5.71. The van der Waals surface area contributed by atoms with Crippen LogP contribution < -0.4 is 15.8 Å². The van der Waals surface area contributed by atoms with Gasteiger partial charge in [-0.25, -0.2) is 9.78 Å². The molecule has 5 N–H and O–H groups in total. The molecule has 138 valence electrons. The number of pyridine rings is 1. The number of aromatic nitrogens is 2. The van der Waals surface area contributed by atoms with E-state index in [4.69, 9.17) is 21.0 Å². The Morgan fingerprint density at radius 1 is 1.22 bits per heavy atom. The molecule has 0 aliphatic rings. The topological polar surface area (TPSA) is 143 Å². The number of rotatable bonds is 6. The summed E-state index contributed by atoms with van der Waals surface area (Å²) in [6.45, 7) is 0. The number of nitrogens with two attached hydrogens (primary N) is 1. The molecule has 2 aromatic heterocycles. The molecule has 0 saturated heterocycles. The Bertz CT molecular complexity index is 1010. The molecule has 2 heterocycles. The first-order valence-electron chi connectivity index (χ1n) is 8.04. The molecule has 3 rings (SSSR count). The van der Waals surface area contributed by atoms with Crippen molar-refractivity contribution >= 4 is 29.2 Å². The van der Waals surface area contributed by atoms with Crippen molar-refractivity contribution in [2.45, 2.75) is 12.8 Å². The smallest absolute Gasteiger partial charge is 0.343 e. The number of aliphatic carboxylic acids is 1. The van der Waals surface area contributed by atoms with Gasteiger partial charge >= 0.3 is 11.9 Å². The van der Waals surface area contributed by atoms with Crippen LogP contribution in [0.15, 0.2) is 48.8 Å². The van der Waals surface area contributed by atoms with Crippen LogP contribution >= 0.6 is 0 Å². The van der Waals surface area contributed by atoms with Crippen molar-refractivity contribution in [1.29, 1.82) is 5.41 Å². The average molecular weight is 367 g/mol. The third-order valence-corrected chi connectivity index (χ3v) is 3.79. The van der Waals surface area contributed by atoms with E-state index in [-0.39, 0.29) is 18.1 Å². The molecule has 9 nitrogen and oxygen atoms in total. The normalized spacial score (nSPS) is 10.5. The van der Waals surface area contributed by atoms with Gasteiger partial charge in [0, 0.05) is 23.8 Å². The fraction of sp³-hybridized carbons (Fsp3) is 0.111. The van der Waals surface area contributed by atoms with Crippen molar-refractivity contribution in [3.8, 4) is 5.75 Å². The Morgan fingerprint density at radius 2 is 1.96 bits per heavy atom. The van der Waals surface area contributed by atoms with E-state index in [1.807, 2.05) is 0 Å². The Kier molecular flexibility index (Phi) is 5.02. The lowest BCUT2D eigenvalue weighted by Gasteiger charge is -2.10. The van der Waals surface area contributed by atoms with Crippen molar-refractivity contribution < 1.29 is 19.4 Å². The highest BCUT2D eigenvalue weighted by Crippen LogP contribution is 2.22. The van der Waals surface area contributed by atoms with E-state index in [1.54, 1.807) is 53.2 Å². The molecule has 0 spiro atoms. The number of esters is 1. The van der Waals surface area contributed by atoms with Gasteiger partial charge in [0.05, 0.1) is 12.0 Å². The van der Waals surface area contributed by atoms with E-state index >= 15 is 0 Å². The van der Waals surface area contributed by atoms with Crippen LogP contribution in [0.4, 0.5) is 5.69 Å². The second kappa shape index (κ2) is 7.56. The van der Waals surface area contributed by atoms with Crippen molar-refractivity contribution in [1.82, 2.24) is 9.38 Å². The molecule has 0 radical (unpaired) electrons. The van der Waals surface area contributed by atoms with Gasteiger partial charge in [-0.3, -0.25) is 10.2 Å². The predicted octanol–water partition coefficient (Wildman–Crippen LogP) is 1.88. The van der Waals surface area contributed by atoms with Crippen LogP contribution in [0.5, 0.6) is 5.75 Å². The summed E-state index contributed by atoms with van der Waals surface area (Å²) < 4.78 is 7.15. The van der Waals surface area contributed by atoms with Gasteiger partial charge in [-0.15, -0.1) is 0 Å². The highest BCUT2D eigenvalue weighted by Gasteiger charge is 2.14. The molecule has 0 bridgehead atoms. The Labute approximate surface area is 153 Å². The van der Waals surface area contributed by atoms with Crippen LogP contribution in [0.1, 0.15) is 22.5 Å². The fourth-order valence-electron chi connectivity index (χ4n) is 2.57. The molecule has 0 aliphatic heterocycles. The van der Waals surface area contributed by atoms with E-state index in [0.717, 1.165) is 5.69 Å². The Hall–Kier alpha value is -3.88. The number of hydrogen-bond donors (Lipinski definition) is 4. The summed E-state index contributed by atoms with van der Waals surface area (Å²) in [7, 11) is 0. The first-order chi connectivity index (χ1) is 12.9. The summed E-state index contributed by atoms with van der Waals surface area (Å²) in [5.74, 6) is -1.38. The lowest BCUT2D eigenvalue weighted by molar-refractivity contribution is -0.136. The van der Waals surface area contributed by atoms with E-state index in [2.05, 4.69) is 10.3 Å². The maximum Gasteiger partial charge on any atom is 0.343 e. The molecule has 1 aromatic carbocycles.